The maximum atomic E-state index is 12.2. The van der Waals surface area contributed by atoms with Crippen LogP contribution in [0.2, 0.25) is 0 Å². The van der Waals surface area contributed by atoms with Gasteiger partial charge in [-0.15, -0.1) is 0 Å². The van der Waals surface area contributed by atoms with Crippen molar-refractivity contribution in [1.82, 2.24) is 9.97 Å². The van der Waals surface area contributed by atoms with E-state index in [0.717, 1.165) is 0 Å². The second-order valence-corrected chi connectivity index (χ2v) is 6.39. The summed E-state index contributed by atoms with van der Waals surface area (Å²) in [6, 6.07) is 4.85. The summed E-state index contributed by atoms with van der Waals surface area (Å²) in [5, 5.41) is -0.0846. The Morgan fingerprint density at radius 2 is 2.29 bits per heavy atom. The second-order valence-electron chi connectivity index (χ2n) is 4.88. The molecule has 1 aromatic heterocycles. The van der Waals surface area contributed by atoms with Crippen molar-refractivity contribution in [2.75, 3.05) is 6.61 Å². The predicted molar refractivity (Wildman–Crippen MR) is 74.8 cm³/mol. The van der Waals surface area contributed by atoms with Gasteiger partial charge in [0.15, 0.2) is 5.03 Å². The summed E-state index contributed by atoms with van der Waals surface area (Å²) in [6.45, 7) is 2.07. The van der Waals surface area contributed by atoms with Gasteiger partial charge in [0.05, 0.1) is 6.20 Å². The number of H-pyrrole nitrogens is 1. The number of aromatic amines is 1. The summed E-state index contributed by atoms with van der Waals surface area (Å²) in [7, 11) is -3.96. The lowest BCUT2D eigenvalue weighted by Crippen LogP contribution is -2.34. The van der Waals surface area contributed by atoms with Crippen LogP contribution in [-0.4, -0.2) is 31.0 Å². The van der Waals surface area contributed by atoms with E-state index in [2.05, 4.69) is 9.97 Å². The number of hydrogen-bond donors (Lipinski definition) is 2. The number of benzene rings is 1. The molecule has 1 aliphatic rings. The molecule has 2 aromatic rings. The fourth-order valence-corrected chi connectivity index (χ4v) is 3.10. The fourth-order valence-electron chi connectivity index (χ4n) is 2.17. The summed E-state index contributed by atoms with van der Waals surface area (Å²) >= 11 is 0. The zero-order chi connectivity index (χ0) is 15.0. The molecule has 2 heterocycles. The van der Waals surface area contributed by atoms with E-state index in [4.69, 9.17) is 14.7 Å². The molecule has 0 radical (unpaired) electrons. The van der Waals surface area contributed by atoms with Crippen LogP contribution in [0.25, 0.3) is 0 Å². The van der Waals surface area contributed by atoms with Crippen LogP contribution < -0.4 is 14.7 Å². The van der Waals surface area contributed by atoms with Crippen LogP contribution in [0.5, 0.6) is 11.5 Å². The van der Waals surface area contributed by atoms with E-state index in [0.29, 0.717) is 30.2 Å². The van der Waals surface area contributed by atoms with Gasteiger partial charge < -0.3 is 19.6 Å². The molecule has 1 aromatic carbocycles. The highest BCUT2D eigenvalue weighted by molar-refractivity contribution is 7.87. The van der Waals surface area contributed by atoms with E-state index in [-0.39, 0.29) is 16.8 Å². The molecular weight excluding hydrogens is 294 g/mol. The molecule has 0 bridgehead atoms. The molecule has 3 N–H and O–H groups in total. The molecule has 0 saturated heterocycles. The number of aromatic nitrogens is 2. The predicted octanol–water partition coefficient (Wildman–Crippen LogP) is 0.748. The average Bonchev–Trinajstić information content (AvgIpc) is 2.87. The van der Waals surface area contributed by atoms with Crippen molar-refractivity contribution in [3.05, 3.63) is 35.8 Å². The zero-order valence-electron chi connectivity index (χ0n) is 11.4. The topological polar surface area (TPSA) is 107 Å². The molecule has 0 aliphatic carbocycles. The third kappa shape index (κ3) is 2.72. The first kappa shape index (κ1) is 13.9. The fraction of sp³-hybridized carbons (Fsp3) is 0.308. The second kappa shape index (κ2) is 5.05. The van der Waals surface area contributed by atoms with E-state index < -0.39 is 10.1 Å². The van der Waals surface area contributed by atoms with Crippen LogP contribution in [0.15, 0.2) is 29.4 Å². The van der Waals surface area contributed by atoms with Gasteiger partial charge in [0.25, 0.3) is 0 Å². The maximum absolute atomic E-state index is 12.2. The Kier molecular flexibility index (Phi) is 3.34. The number of fused-ring (bicyclic) bond motifs is 1. The Labute approximate surface area is 122 Å². The minimum atomic E-state index is -3.96. The van der Waals surface area contributed by atoms with Gasteiger partial charge in [-0.3, -0.25) is 0 Å². The molecule has 1 aliphatic heterocycles. The summed E-state index contributed by atoms with van der Waals surface area (Å²) in [6.07, 6.45) is 1.73. The van der Waals surface area contributed by atoms with E-state index in [1.807, 2.05) is 0 Å². The number of hydrogen-bond acceptors (Lipinski definition) is 6. The first-order chi connectivity index (χ1) is 9.95. The smallest absolute Gasteiger partial charge is 0.356 e. The standard InChI is InChI=1S/C13H15N3O4S/c1-8-15-6-13(16-8)21(17,18)20-12-4-2-3-11-10(12)5-9(14)7-19-11/h2-4,6,9H,5,7,14H2,1H3,(H,15,16)/t9-/m0/s1. The Hall–Kier alpha value is -2.06. The molecule has 21 heavy (non-hydrogen) atoms. The Morgan fingerprint density at radius 3 is 3.00 bits per heavy atom. The molecule has 0 amide bonds. The largest absolute Gasteiger partial charge is 0.492 e. The van der Waals surface area contributed by atoms with Crippen molar-refractivity contribution < 1.29 is 17.3 Å². The summed E-state index contributed by atoms with van der Waals surface area (Å²) in [4.78, 5) is 6.51. The monoisotopic (exact) mass is 309 g/mol. The Balaban J connectivity index is 1.95. The number of aryl methyl sites for hydroxylation is 1. The van der Waals surface area contributed by atoms with Gasteiger partial charge in [-0.2, -0.15) is 8.42 Å². The van der Waals surface area contributed by atoms with Crippen molar-refractivity contribution in [3.8, 4) is 11.5 Å². The molecule has 0 unspecified atom stereocenters. The summed E-state index contributed by atoms with van der Waals surface area (Å²) < 4.78 is 35.1. The van der Waals surface area contributed by atoms with Gasteiger partial charge in [0, 0.05) is 11.6 Å². The van der Waals surface area contributed by atoms with Crippen molar-refractivity contribution >= 4 is 10.1 Å². The quantitative estimate of drug-likeness (QED) is 0.810. The van der Waals surface area contributed by atoms with Gasteiger partial charge in [-0.25, -0.2) is 4.98 Å². The molecular formula is C13H15N3O4S. The lowest BCUT2D eigenvalue weighted by molar-refractivity contribution is 0.261. The molecule has 0 spiro atoms. The number of imidazole rings is 1. The number of ether oxygens (including phenoxy) is 1. The highest BCUT2D eigenvalue weighted by Gasteiger charge is 2.25. The van der Waals surface area contributed by atoms with E-state index >= 15 is 0 Å². The third-order valence-corrected chi connectivity index (χ3v) is 4.30. The molecule has 3 rings (SSSR count). The number of nitrogens with two attached hydrogens (primary N) is 1. The molecule has 1 atom stereocenters. The van der Waals surface area contributed by atoms with Gasteiger partial charge in [0.2, 0.25) is 0 Å². The number of rotatable bonds is 3. The highest BCUT2D eigenvalue weighted by atomic mass is 32.2. The van der Waals surface area contributed by atoms with Gasteiger partial charge in [-0.05, 0) is 25.5 Å². The van der Waals surface area contributed by atoms with Crippen LogP contribution in [0.4, 0.5) is 0 Å². The Morgan fingerprint density at radius 1 is 1.48 bits per heavy atom. The van der Waals surface area contributed by atoms with Gasteiger partial charge in [-0.1, -0.05) is 6.07 Å². The first-order valence-corrected chi connectivity index (χ1v) is 7.83. The zero-order valence-corrected chi connectivity index (χ0v) is 12.2. The summed E-state index contributed by atoms with van der Waals surface area (Å²) in [5.74, 6) is 1.33. The lowest BCUT2D eigenvalue weighted by Gasteiger charge is -2.24. The summed E-state index contributed by atoms with van der Waals surface area (Å²) in [5.41, 5.74) is 6.51. The molecule has 8 heteroatoms. The minimum absolute atomic E-state index is 0.0846. The van der Waals surface area contributed by atoms with Crippen molar-refractivity contribution in [3.63, 3.8) is 0 Å². The van der Waals surface area contributed by atoms with E-state index in [1.54, 1.807) is 25.1 Å². The third-order valence-electron chi connectivity index (χ3n) is 3.16. The van der Waals surface area contributed by atoms with Crippen LogP contribution in [0, 0.1) is 6.92 Å². The van der Waals surface area contributed by atoms with E-state index in [1.165, 1.54) is 6.20 Å². The minimum Gasteiger partial charge on any atom is -0.492 e. The molecule has 7 nitrogen and oxygen atoms in total. The van der Waals surface area contributed by atoms with Crippen molar-refractivity contribution in [2.45, 2.75) is 24.4 Å². The highest BCUT2D eigenvalue weighted by Crippen LogP contribution is 2.33. The van der Waals surface area contributed by atoms with Crippen LogP contribution in [0.1, 0.15) is 11.4 Å². The van der Waals surface area contributed by atoms with Gasteiger partial charge >= 0.3 is 10.1 Å². The molecule has 112 valence electrons. The van der Waals surface area contributed by atoms with Crippen molar-refractivity contribution in [1.29, 1.82) is 0 Å². The Bertz CT molecular complexity index is 769. The van der Waals surface area contributed by atoms with Crippen LogP contribution >= 0.6 is 0 Å². The molecule has 0 saturated carbocycles. The van der Waals surface area contributed by atoms with E-state index in [9.17, 15) is 8.42 Å². The molecule has 0 fully saturated rings. The SMILES string of the molecule is Cc1ncc(S(=O)(=O)Oc2cccc3c2C[C@H](N)CO3)[nH]1. The number of nitrogens with one attached hydrogen (secondary N) is 1. The van der Waals surface area contributed by atoms with Crippen molar-refractivity contribution in [2.24, 2.45) is 5.73 Å². The maximum Gasteiger partial charge on any atom is 0.356 e. The normalized spacial score (nSPS) is 17.9. The van der Waals surface area contributed by atoms with Gasteiger partial charge in [0.1, 0.15) is 23.9 Å². The van der Waals surface area contributed by atoms with Crippen LogP contribution in [0.3, 0.4) is 0 Å². The first-order valence-electron chi connectivity index (χ1n) is 6.42. The lowest BCUT2D eigenvalue weighted by atomic mass is 10.0. The number of nitrogens with zero attached hydrogens (tertiary/aromatic N) is 1. The average molecular weight is 309 g/mol. The van der Waals surface area contributed by atoms with Crippen LogP contribution in [-0.2, 0) is 16.5 Å².